The number of benzene rings is 1. The number of rotatable bonds is 2. The summed E-state index contributed by atoms with van der Waals surface area (Å²) in [7, 11) is 0. The van der Waals surface area contributed by atoms with Gasteiger partial charge in [-0.05, 0) is 12.1 Å². The highest BCUT2D eigenvalue weighted by molar-refractivity contribution is 6.40. The first kappa shape index (κ1) is 11.1. The van der Waals surface area contributed by atoms with Gasteiger partial charge >= 0.3 is 0 Å². The molecule has 0 radical (unpaired) electrons. The Morgan fingerprint density at radius 3 is 2.29 bits per heavy atom. The Kier molecular flexibility index (Phi) is 3.55. The van der Waals surface area contributed by atoms with Crippen molar-refractivity contribution in [3.63, 3.8) is 0 Å². The van der Waals surface area contributed by atoms with Crippen molar-refractivity contribution in [1.82, 2.24) is 0 Å². The normalized spacial score (nSPS) is 9.64. The van der Waals surface area contributed by atoms with Crippen LogP contribution in [0.15, 0.2) is 31.0 Å². The minimum absolute atomic E-state index is 0.185. The van der Waals surface area contributed by atoms with Gasteiger partial charge in [0.1, 0.15) is 0 Å². The molecule has 0 saturated heterocycles. The molecule has 0 spiro atoms. The van der Waals surface area contributed by atoms with Crippen molar-refractivity contribution in [2.75, 3.05) is 4.90 Å². The van der Waals surface area contributed by atoms with E-state index < -0.39 is 0 Å². The van der Waals surface area contributed by atoms with Crippen molar-refractivity contribution in [3.05, 3.63) is 41.0 Å². The zero-order valence-electron chi connectivity index (χ0n) is 7.63. The number of amides is 1. The van der Waals surface area contributed by atoms with Crippen LogP contribution in [-0.4, -0.2) is 5.91 Å². The Morgan fingerprint density at radius 2 is 1.93 bits per heavy atom. The van der Waals surface area contributed by atoms with Gasteiger partial charge < -0.3 is 0 Å². The lowest BCUT2D eigenvalue weighted by molar-refractivity contribution is -0.115. The third-order valence-corrected chi connectivity index (χ3v) is 2.31. The van der Waals surface area contributed by atoms with Crippen LogP contribution in [0.2, 0.25) is 10.0 Å². The molecule has 0 aliphatic rings. The molecule has 14 heavy (non-hydrogen) atoms. The summed E-state index contributed by atoms with van der Waals surface area (Å²) < 4.78 is 0. The zero-order valence-corrected chi connectivity index (χ0v) is 9.14. The van der Waals surface area contributed by atoms with Crippen LogP contribution in [0.25, 0.3) is 0 Å². The van der Waals surface area contributed by atoms with E-state index in [1.54, 1.807) is 18.2 Å². The SMILES string of the molecule is C=CN(C(C)=O)c1c(Cl)cccc1Cl. The van der Waals surface area contributed by atoms with Crippen molar-refractivity contribution in [2.24, 2.45) is 0 Å². The molecule has 2 nitrogen and oxygen atoms in total. The average molecular weight is 230 g/mol. The van der Waals surface area contributed by atoms with Crippen molar-refractivity contribution in [2.45, 2.75) is 6.92 Å². The van der Waals surface area contributed by atoms with Crippen molar-refractivity contribution >= 4 is 34.8 Å². The fourth-order valence-electron chi connectivity index (χ4n) is 1.10. The molecule has 0 heterocycles. The minimum Gasteiger partial charge on any atom is -0.286 e. The molecule has 0 aliphatic heterocycles. The standard InChI is InChI=1S/C10H9Cl2NO/c1-3-13(7(2)14)10-8(11)5-4-6-9(10)12/h3-6H,1H2,2H3. The quantitative estimate of drug-likeness (QED) is 0.761. The third-order valence-electron chi connectivity index (χ3n) is 1.70. The maximum atomic E-state index is 11.2. The number of carbonyl (C=O) groups is 1. The Bertz CT molecular complexity index is 356. The molecule has 0 unspecified atom stereocenters. The highest BCUT2D eigenvalue weighted by Gasteiger charge is 2.14. The average Bonchev–Trinajstić information content (AvgIpc) is 2.10. The van der Waals surface area contributed by atoms with Crippen LogP contribution in [0.4, 0.5) is 5.69 Å². The first-order valence-electron chi connectivity index (χ1n) is 3.94. The van der Waals surface area contributed by atoms with Crippen LogP contribution in [0.5, 0.6) is 0 Å². The first-order chi connectivity index (χ1) is 6.57. The largest absolute Gasteiger partial charge is 0.286 e. The van der Waals surface area contributed by atoms with Crippen LogP contribution in [0.1, 0.15) is 6.92 Å². The molecule has 1 amide bonds. The molecule has 1 aromatic carbocycles. The number of halogens is 2. The summed E-state index contributed by atoms with van der Waals surface area (Å²) in [6.07, 6.45) is 1.38. The van der Waals surface area contributed by atoms with Gasteiger partial charge in [-0.15, -0.1) is 0 Å². The topological polar surface area (TPSA) is 20.3 Å². The fourth-order valence-corrected chi connectivity index (χ4v) is 1.68. The number of hydrogen-bond donors (Lipinski definition) is 0. The highest BCUT2D eigenvalue weighted by Crippen LogP contribution is 2.33. The molecule has 1 rings (SSSR count). The van der Waals surface area contributed by atoms with Gasteiger partial charge in [-0.1, -0.05) is 35.8 Å². The molecule has 74 valence electrons. The lowest BCUT2D eigenvalue weighted by atomic mass is 10.3. The number of para-hydroxylation sites is 1. The molecule has 4 heteroatoms. The zero-order chi connectivity index (χ0) is 10.7. The summed E-state index contributed by atoms with van der Waals surface area (Å²) in [6.45, 7) is 4.95. The molecule has 0 atom stereocenters. The maximum Gasteiger partial charge on any atom is 0.228 e. The van der Waals surface area contributed by atoms with E-state index >= 15 is 0 Å². The maximum absolute atomic E-state index is 11.2. The monoisotopic (exact) mass is 229 g/mol. The third kappa shape index (κ3) is 2.08. The fraction of sp³-hybridized carbons (Fsp3) is 0.100. The van der Waals surface area contributed by atoms with Crippen LogP contribution in [0.3, 0.4) is 0 Å². The number of hydrogen-bond acceptors (Lipinski definition) is 1. The van der Waals surface area contributed by atoms with E-state index in [4.69, 9.17) is 23.2 Å². The van der Waals surface area contributed by atoms with Gasteiger partial charge in [0.25, 0.3) is 0 Å². The highest BCUT2D eigenvalue weighted by atomic mass is 35.5. The molecule has 0 saturated carbocycles. The van der Waals surface area contributed by atoms with E-state index in [0.717, 1.165) is 0 Å². The van der Waals surface area contributed by atoms with Gasteiger partial charge in [-0.25, -0.2) is 0 Å². The van der Waals surface area contributed by atoms with Gasteiger partial charge in [0.15, 0.2) is 0 Å². The van der Waals surface area contributed by atoms with E-state index in [0.29, 0.717) is 15.7 Å². The van der Waals surface area contributed by atoms with Crippen molar-refractivity contribution in [3.8, 4) is 0 Å². The van der Waals surface area contributed by atoms with E-state index in [1.807, 2.05) is 0 Å². The molecule has 0 aliphatic carbocycles. The Labute approximate surface area is 92.7 Å². The Balaban J connectivity index is 3.28. The summed E-state index contributed by atoms with van der Waals surface area (Å²) in [5, 5.41) is 0.847. The van der Waals surface area contributed by atoms with E-state index in [9.17, 15) is 4.79 Å². The smallest absolute Gasteiger partial charge is 0.228 e. The predicted molar refractivity (Wildman–Crippen MR) is 59.8 cm³/mol. The number of carbonyl (C=O) groups excluding carboxylic acids is 1. The lowest BCUT2D eigenvalue weighted by Crippen LogP contribution is -2.22. The van der Waals surface area contributed by atoms with Crippen LogP contribution >= 0.6 is 23.2 Å². The summed E-state index contributed by atoms with van der Waals surface area (Å²) in [4.78, 5) is 12.5. The molecule has 0 aromatic heterocycles. The van der Waals surface area contributed by atoms with E-state index in [-0.39, 0.29) is 5.91 Å². The van der Waals surface area contributed by atoms with Crippen LogP contribution in [0, 0.1) is 0 Å². The van der Waals surface area contributed by atoms with Crippen LogP contribution in [-0.2, 0) is 4.79 Å². The second-order valence-corrected chi connectivity index (χ2v) is 3.46. The molecular weight excluding hydrogens is 221 g/mol. The van der Waals surface area contributed by atoms with Gasteiger partial charge in [0, 0.05) is 13.1 Å². The van der Waals surface area contributed by atoms with E-state index in [2.05, 4.69) is 6.58 Å². The summed E-state index contributed by atoms with van der Waals surface area (Å²) in [6, 6.07) is 5.06. The second kappa shape index (κ2) is 4.49. The van der Waals surface area contributed by atoms with Gasteiger partial charge in [0.2, 0.25) is 5.91 Å². The Hall–Kier alpha value is -0.990. The summed E-state index contributed by atoms with van der Waals surface area (Å²) in [5.41, 5.74) is 0.471. The van der Waals surface area contributed by atoms with Gasteiger partial charge in [-0.2, -0.15) is 0 Å². The predicted octanol–water partition coefficient (Wildman–Crippen LogP) is 3.49. The lowest BCUT2D eigenvalue weighted by Gasteiger charge is -2.18. The number of nitrogens with zero attached hydrogens (tertiary/aromatic N) is 1. The van der Waals surface area contributed by atoms with E-state index in [1.165, 1.54) is 18.0 Å². The second-order valence-electron chi connectivity index (χ2n) is 2.64. The molecule has 1 aromatic rings. The molecule has 0 bridgehead atoms. The van der Waals surface area contributed by atoms with Gasteiger partial charge in [0.05, 0.1) is 15.7 Å². The number of anilines is 1. The van der Waals surface area contributed by atoms with Crippen molar-refractivity contribution < 1.29 is 4.79 Å². The van der Waals surface area contributed by atoms with Crippen LogP contribution < -0.4 is 4.90 Å². The first-order valence-corrected chi connectivity index (χ1v) is 4.70. The molecular formula is C10H9Cl2NO. The Morgan fingerprint density at radius 1 is 1.43 bits per heavy atom. The van der Waals surface area contributed by atoms with Gasteiger partial charge in [-0.3, -0.25) is 9.69 Å². The minimum atomic E-state index is -0.185. The van der Waals surface area contributed by atoms with Crippen molar-refractivity contribution in [1.29, 1.82) is 0 Å². The summed E-state index contributed by atoms with van der Waals surface area (Å²) in [5.74, 6) is -0.185. The summed E-state index contributed by atoms with van der Waals surface area (Å²) >= 11 is 11.8. The molecule has 0 fully saturated rings. The molecule has 0 N–H and O–H groups in total.